The lowest BCUT2D eigenvalue weighted by atomic mass is 9.99. The average molecular weight is 341 g/mol. The Morgan fingerprint density at radius 1 is 1.24 bits per heavy atom. The van der Waals surface area contributed by atoms with Crippen LogP contribution in [0, 0.1) is 0 Å². The third-order valence-electron chi connectivity index (χ3n) is 4.53. The van der Waals surface area contributed by atoms with Gasteiger partial charge in [-0.25, -0.2) is 4.79 Å². The first-order chi connectivity index (χ1) is 12.1. The summed E-state index contributed by atoms with van der Waals surface area (Å²) in [4.78, 5) is 18.5. The topological polar surface area (TPSA) is 63.7 Å². The van der Waals surface area contributed by atoms with Crippen LogP contribution < -0.4 is 14.8 Å². The van der Waals surface area contributed by atoms with Gasteiger partial charge in [-0.3, -0.25) is 4.98 Å². The molecule has 0 saturated heterocycles. The van der Waals surface area contributed by atoms with Crippen LogP contribution in [0.5, 0.6) is 11.5 Å². The fourth-order valence-electron chi connectivity index (χ4n) is 3.05. The maximum atomic E-state index is 12.6. The molecule has 0 aliphatic carbocycles. The second-order valence-corrected chi connectivity index (χ2v) is 6.10. The molecule has 0 spiro atoms. The molecule has 0 saturated carbocycles. The molecule has 1 aliphatic heterocycles. The second kappa shape index (κ2) is 7.42. The summed E-state index contributed by atoms with van der Waals surface area (Å²) in [5.41, 5.74) is 3.27. The van der Waals surface area contributed by atoms with E-state index in [0.29, 0.717) is 18.8 Å². The first-order valence-corrected chi connectivity index (χ1v) is 8.31. The van der Waals surface area contributed by atoms with E-state index in [-0.39, 0.29) is 12.1 Å². The molecule has 25 heavy (non-hydrogen) atoms. The summed E-state index contributed by atoms with van der Waals surface area (Å²) in [6, 6.07) is 7.62. The molecule has 1 unspecified atom stereocenters. The van der Waals surface area contributed by atoms with Gasteiger partial charge in [-0.2, -0.15) is 0 Å². The minimum atomic E-state index is -0.0898. The van der Waals surface area contributed by atoms with E-state index in [1.807, 2.05) is 36.1 Å². The van der Waals surface area contributed by atoms with Crippen LogP contribution in [-0.2, 0) is 13.0 Å². The number of rotatable bonds is 4. The van der Waals surface area contributed by atoms with Crippen molar-refractivity contribution in [3.05, 3.63) is 53.3 Å². The third kappa shape index (κ3) is 3.68. The summed E-state index contributed by atoms with van der Waals surface area (Å²) >= 11 is 0. The van der Waals surface area contributed by atoms with E-state index in [0.717, 1.165) is 23.3 Å². The molecule has 0 bridgehead atoms. The van der Waals surface area contributed by atoms with Crippen LogP contribution in [0.25, 0.3) is 0 Å². The first-order valence-electron chi connectivity index (χ1n) is 8.31. The lowest BCUT2D eigenvalue weighted by Crippen LogP contribution is -2.43. The average Bonchev–Trinajstić information content (AvgIpc) is 2.66. The highest BCUT2D eigenvalue weighted by atomic mass is 16.5. The molecule has 2 amide bonds. The van der Waals surface area contributed by atoms with Crippen LogP contribution in [-0.4, -0.2) is 36.7 Å². The highest BCUT2D eigenvalue weighted by molar-refractivity contribution is 5.75. The predicted octanol–water partition coefficient (Wildman–Crippen LogP) is 2.93. The number of fused-ring (bicyclic) bond motifs is 1. The highest BCUT2D eigenvalue weighted by Crippen LogP contribution is 2.33. The van der Waals surface area contributed by atoms with Gasteiger partial charge in [-0.05, 0) is 48.2 Å². The fraction of sp³-hybridized carbons (Fsp3) is 0.368. The Morgan fingerprint density at radius 2 is 1.96 bits per heavy atom. The van der Waals surface area contributed by atoms with Gasteiger partial charge in [-0.1, -0.05) is 6.07 Å². The van der Waals surface area contributed by atoms with Crippen molar-refractivity contribution in [3.8, 4) is 11.5 Å². The highest BCUT2D eigenvalue weighted by Gasteiger charge is 2.23. The van der Waals surface area contributed by atoms with Crippen molar-refractivity contribution in [2.24, 2.45) is 0 Å². The Morgan fingerprint density at radius 3 is 2.60 bits per heavy atom. The zero-order valence-corrected chi connectivity index (χ0v) is 14.8. The van der Waals surface area contributed by atoms with Gasteiger partial charge in [-0.15, -0.1) is 0 Å². The van der Waals surface area contributed by atoms with Gasteiger partial charge < -0.3 is 19.7 Å². The van der Waals surface area contributed by atoms with Crippen LogP contribution in [0.3, 0.4) is 0 Å². The summed E-state index contributed by atoms with van der Waals surface area (Å²) in [5, 5.41) is 3.04. The molecule has 3 rings (SSSR count). The Kier molecular flexibility index (Phi) is 5.07. The number of nitrogens with zero attached hydrogens (tertiary/aromatic N) is 2. The molecule has 2 aromatic rings. The molecule has 1 atom stereocenters. The number of hydrogen-bond donors (Lipinski definition) is 1. The predicted molar refractivity (Wildman–Crippen MR) is 94.8 cm³/mol. The smallest absolute Gasteiger partial charge is 0.318 e. The van der Waals surface area contributed by atoms with Crippen molar-refractivity contribution >= 4 is 6.03 Å². The normalized spacial score (nSPS) is 14.4. The van der Waals surface area contributed by atoms with Gasteiger partial charge in [0.1, 0.15) is 0 Å². The van der Waals surface area contributed by atoms with Gasteiger partial charge in [0.25, 0.3) is 0 Å². The van der Waals surface area contributed by atoms with E-state index >= 15 is 0 Å². The van der Waals surface area contributed by atoms with Crippen molar-refractivity contribution < 1.29 is 14.3 Å². The van der Waals surface area contributed by atoms with Gasteiger partial charge >= 0.3 is 6.03 Å². The number of benzene rings is 1. The molecule has 6 nitrogen and oxygen atoms in total. The maximum Gasteiger partial charge on any atom is 0.318 e. The van der Waals surface area contributed by atoms with Gasteiger partial charge in [0.15, 0.2) is 11.5 Å². The van der Waals surface area contributed by atoms with Crippen LogP contribution in [0.1, 0.15) is 29.7 Å². The van der Waals surface area contributed by atoms with E-state index < -0.39 is 0 Å². The second-order valence-electron chi connectivity index (χ2n) is 6.10. The minimum Gasteiger partial charge on any atom is -0.493 e. The summed E-state index contributed by atoms with van der Waals surface area (Å²) < 4.78 is 10.7. The Balaban J connectivity index is 1.70. The fourth-order valence-corrected chi connectivity index (χ4v) is 3.05. The molecular formula is C19H23N3O3. The van der Waals surface area contributed by atoms with E-state index in [1.165, 1.54) is 5.56 Å². The molecule has 1 aromatic carbocycles. The molecule has 1 aromatic heterocycles. The molecule has 0 fully saturated rings. The standard InChI is InChI=1S/C19H23N3O3/c1-13(15-5-4-7-20-11-15)21-19(23)22-8-6-14-9-17(24-2)18(25-3)10-16(14)12-22/h4-5,7,9-11,13H,6,8,12H2,1-3H3,(H,21,23). The largest absolute Gasteiger partial charge is 0.493 e. The summed E-state index contributed by atoms with van der Waals surface area (Å²) in [6.07, 6.45) is 4.29. The van der Waals surface area contributed by atoms with Crippen molar-refractivity contribution in [2.45, 2.75) is 25.9 Å². The quantitative estimate of drug-likeness (QED) is 0.929. The van der Waals surface area contributed by atoms with E-state index in [2.05, 4.69) is 10.3 Å². The lowest BCUT2D eigenvalue weighted by molar-refractivity contribution is 0.189. The minimum absolute atomic E-state index is 0.0724. The van der Waals surface area contributed by atoms with Crippen molar-refractivity contribution in [3.63, 3.8) is 0 Å². The number of pyridine rings is 1. The summed E-state index contributed by atoms with van der Waals surface area (Å²) in [7, 11) is 3.25. The molecule has 6 heteroatoms. The van der Waals surface area contributed by atoms with E-state index in [9.17, 15) is 4.79 Å². The number of nitrogens with one attached hydrogen (secondary N) is 1. The van der Waals surface area contributed by atoms with Crippen LogP contribution in [0.2, 0.25) is 0 Å². The number of carbonyl (C=O) groups excluding carboxylic acids is 1. The molecule has 132 valence electrons. The molecule has 0 radical (unpaired) electrons. The first kappa shape index (κ1) is 17.1. The number of hydrogen-bond acceptors (Lipinski definition) is 4. The number of carbonyl (C=O) groups is 1. The van der Waals surface area contributed by atoms with Crippen molar-refractivity contribution in [1.82, 2.24) is 15.2 Å². The van der Waals surface area contributed by atoms with Gasteiger partial charge in [0, 0.05) is 25.5 Å². The van der Waals surface area contributed by atoms with Crippen molar-refractivity contribution in [2.75, 3.05) is 20.8 Å². The summed E-state index contributed by atoms with van der Waals surface area (Å²) in [6.45, 7) is 3.19. The Bertz CT molecular complexity index is 749. The number of methoxy groups -OCH3 is 2. The van der Waals surface area contributed by atoms with E-state index in [4.69, 9.17) is 9.47 Å². The van der Waals surface area contributed by atoms with Gasteiger partial charge in [0.2, 0.25) is 0 Å². The number of aromatic nitrogens is 1. The summed E-state index contributed by atoms with van der Waals surface area (Å²) in [5.74, 6) is 1.41. The maximum absolute atomic E-state index is 12.6. The Labute approximate surface area is 147 Å². The molecule has 2 heterocycles. The molecule has 1 aliphatic rings. The van der Waals surface area contributed by atoms with Gasteiger partial charge in [0.05, 0.1) is 20.3 Å². The number of urea groups is 1. The monoisotopic (exact) mass is 341 g/mol. The number of amides is 2. The lowest BCUT2D eigenvalue weighted by Gasteiger charge is -2.30. The zero-order chi connectivity index (χ0) is 17.8. The SMILES string of the molecule is COc1cc2c(cc1OC)CN(C(=O)NC(C)c1cccnc1)CC2. The van der Waals surface area contributed by atoms with Crippen LogP contribution in [0.4, 0.5) is 4.79 Å². The Hall–Kier alpha value is -2.76. The van der Waals surface area contributed by atoms with E-state index in [1.54, 1.807) is 26.6 Å². The van der Waals surface area contributed by atoms with Crippen molar-refractivity contribution in [1.29, 1.82) is 0 Å². The number of ether oxygens (including phenoxy) is 2. The van der Waals surface area contributed by atoms with Crippen LogP contribution >= 0.6 is 0 Å². The third-order valence-corrected chi connectivity index (χ3v) is 4.53. The molecular weight excluding hydrogens is 318 g/mol. The zero-order valence-electron chi connectivity index (χ0n) is 14.8. The molecule has 1 N–H and O–H groups in total. The van der Waals surface area contributed by atoms with Crippen LogP contribution in [0.15, 0.2) is 36.7 Å².